The third-order valence-corrected chi connectivity index (χ3v) is 2.19. The smallest absolute Gasteiger partial charge is 0.240 e. The summed E-state index contributed by atoms with van der Waals surface area (Å²) in [5.41, 5.74) is 5.20. The normalized spacial score (nSPS) is 14.7. The van der Waals surface area contributed by atoms with E-state index < -0.39 is 11.9 Å². The first-order chi connectivity index (χ1) is 6.88. The van der Waals surface area contributed by atoms with Crippen LogP contribution in [0.3, 0.4) is 0 Å². The highest BCUT2D eigenvalue weighted by Crippen LogP contribution is 2.04. The topological polar surface area (TPSA) is 84.2 Å². The van der Waals surface area contributed by atoms with Gasteiger partial charge in [-0.15, -0.1) is 0 Å². The Morgan fingerprint density at radius 3 is 2.13 bits per heavy atom. The molecule has 5 heteroatoms. The molecule has 0 aliphatic carbocycles. The van der Waals surface area contributed by atoms with E-state index in [-0.39, 0.29) is 11.9 Å². The molecule has 0 fully saturated rings. The molecule has 0 heterocycles. The molecule has 0 saturated heterocycles. The summed E-state index contributed by atoms with van der Waals surface area (Å²) >= 11 is 0. The van der Waals surface area contributed by atoms with Gasteiger partial charge >= 0.3 is 0 Å². The Labute approximate surface area is 90.8 Å². The number of primary amides is 1. The molecule has 0 spiro atoms. The number of rotatable bonds is 6. The third kappa shape index (κ3) is 5.37. The third-order valence-electron chi connectivity index (χ3n) is 2.19. The van der Waals surface area contributed by atoms with Crippen molar-refractivity contribution < 1.29 is 9.59 Å². The summed E-state index contributed by atoms with van der Waals surface area (Å²) < 4.78 is 0. The molecule has 0 aliphatic heterocycles. The Balaban J connectivity index is 4.29. The van der Waals surface area contributed by atoms with Gasteiger partial charge < -0.3 is 16.4 Å². The van der Waals surface area contributed by atoms with Crippen LogP contribution < -0.4 is 16.4 Å². The van der Waals surface area contributed by atoms with E-state index in [2.05, 4.69) is 10.6 Å². The Bertz CT molecular complexity index is 229. The van der Waals surface area contributed by atoms with E-state index in [9.17, 15) is 9.59 Å². The first-order valence-corrected chi connectivity index (χ1v) is 5.15. The van der Waals surface area contributed by atoms with Crippen molar-refractivity contribution in [2.45, 2.75) is 39.3 Å². The van der Waals surface area contributed by atoms with Gasteiger partial charge in [-0.1, -0.05) is 13.8 Å². The van der Waals surface area contributed by atoms with E-state index in [0.29, 0.717) is 12.3 Å². The first-order valence-electron chi connectivity index (χ1n) is 5.15. The molecule has 0 aromatic heterocycles. The molecule has 2 amide bonds. The van der Waals surface area contributed by atoms with Gasteiger partial charge in [0.2, 0.25) is 11.8 Å². The molecule has 0 aromatic carbocycles. The van der Waals surface area contributed by atoms with E-state index in [1.54, 1.807) is 14.0 Å². The number of hydrogen-bond acceptors (Lipinski definition) is 3. The molecular formula is C10H21N3O2. The van der Waals surface area contributed by atoms with E-state index in [1.807, 2.05) is 13.8 Å². The number of nitrogens with two attached hydrogens (primary N) is 1. The summed E-state index contributed by atoms with van der Waals surface area (Å²) in [6.07, 6.45) is 0.567. The second kappa shape index (κ2) is 6.40. The van der Waals surface area contributed by atoms with Gasteiger partial charge in [-0.25, -0.2) is 0 Å². The lowest BCUT2D eigenvalue weighted by Crippen LogP contribution is -2.50. The van der Waals surface area contributed by atoms with Crippen LogP contribution in [0.1, 0.15) is 27.2 Å². The van der Waals surface area contributed by atoms with Gasteiger partial charge in [0.1, 0.15) is 6.04 Å². The number of nitrogens with one attached hydrogen (secondary N) is 2. The molecule has 15 heavy (non-hydrogen) atoms. The molecule has 5 nitrogen and oxygen atoms in total. The maximum absolute atomic E-state index is 11.5. The molecule has 0 aliphatic rings. The van der Waals surface area contributed by atoms with Crippen molar-refractivity contribution in [1.82, 2.24) is 10.6 Å². The van der Waals surface area contributed by atoms with Crippen LogP contribution in [-0.4, -0.2) is 30.9 Å². The molecule has 0 bridgehead atoms. The molecule has 0 aromatic rings. The quantitative estimate of drug-likeness (QED) is 0.564. The van der Waals surface area contributed by atoms with Crippen molar-refractivity contribution in [1.29, 1.82) is 0 Å². The zero-order chi connectivity index (χ0) is 12.0. The SMILES string of the molecule is CN[C@@H](C)C(=O)N[C@@H](CC(C)C)C(N)=O. The average Bonchev–Trinajstić information content (AvgIpc) is 2.14. The van der Waals surface area contributed by atoms with Crippen LogP contribution in [-0.2, 0) is 9.59 Å². The number of carbonyl (C=O) groups is 2. The summed E-state index contributed by atoms with van der Waals surface area (Å²) in [5.74, 6) is -0.380. The Hall–Kier alpha value is -1.10. The zero-order valence-electron chi connectivity index (χ0n) is 9.83. The average molecular weight is 215 g/mol. The number of amides is 2. The predicted molar refractivity (Wildman–Crippen MR) is 59.1 cm³/mol. The van der Waals surface area contributed by atoms with Gasteiger partial charge in [0.05, 0.1) is 6.04 Å². The summed E-state index contributed by atoms with van der Waals surface area (Å²) in [4.78, 5) is 22.6. The number of carbonyl (C=O) groups excluding carboxylic acids is 2. The van der Waals surface area contributed by atoms with Crippen molar-refractivity contribution in [3.05, 3.63) is 0 Å². The lowest BCUT2D eigenvalue weighted by molar-refractivity contribution is -0.128. The van der Waals surface area contributed by atoms with E-state index in [0.717, 1.165) is 0 Å². The van der Waals surface area contributed by atoms with Crippen LogP contribution in [0.5, 0.6) is 0 Å². The van der Waals surface area contributed by atoms with Gasteiger partial charge in [0, 0.05) is 0 Å². The fourth-order valence-corrected chi connectivity index (χ4v) is 1.15. The first kappa shape index (κ1) is 13.9. The highest BCUT2D eigenvalue weighted by molar-refractivity contribution is 5.88. The van der Waals surface area contributed by atoms with E-state index in [4.69, 9.17) is 5.73 Å². The Kier molecular flexibility index (Phi) is 5.93. The van der Waals surface area contributed by atoms with Crippen LogP contribution in [0.4, 0.5) is 0 Å². The van der Waals surface area contributed by atoms with Crippen LogP contribution in [0.2, 0.25) is 0 Å². The largest absolute Gasteiger partial charge is 0.368 e. The van der Waals surface area contributed by atoms with Crippen LogP contribution >= 0.6 is 0 Å². The molecule has 0 radical (unpaired) electrons. The van der Waals surface area contributed by atoms with Crippen molar-refractivity contribution in [2.75, 3.05) is 7.05 Å². The number of likely N-dealkylation sites (N-methyl/N-ethyl adjacent to an activating group) is 1. The zero-order valence-corrected chi connectivity index (χ0v) is 9.83. The maximum atomic E-state index is 11.5. The fraction of sp³-hybridized carbons (Fsp3) is 0.800. The van der Waals surface area contributed by atoms with Crippen molar-refractivity contribution in [3.63, 3.8) is 0 Å². The second-order valence-corrected chi connectivity index (χ2v) is 4.10. The number of hydrogen-bond donors (Lipinski definition) is 3. The minimum Gasteiger partial charge on any atom is -0.368 e. The molecule has 2 atom stereocenters. The predicted octanol–water partition coefficient (Wildman–Crippen LogP) is -0.389. The lowest BCUT2D eigenvalue weighted by atomic mass is 10.0. The molecule has 0 rings (SSSR count). The molecule has 4 N–H and O–H groups in total. The minimum absolute atomic E-state index is 0.207. The van der Waals surface area contributed by atoms with Crippen molar-refractivity contribution in [2.24, 2.45) is 11.7 Å². The van der Waals surface area contributed by atoms with Crippen LogP contribution in [0, 0.1) is 5.92 Å². The second-order valence-electron chi connectivity index (χ2n) is 4.10. The summed E-state index contributed by atoms with van der Waals surface area (Å²) in [5, 5.41) is 5.42. The highest BCUT2D eigenvalue weighted by Gasteiger charge is 2.21. The van der Waals surface area contributed by atoms with Crippen LogP contribution in [0.25, 0.3) is 0 Å². The van der Waals surface area contributed by atoms with Gasteiger partial charge in [0.25, 0.3) is 0 Å². The standard InChI is InChI=1S/C10H21N3O2/c1-6(2)5-8(9(11)14)13-10(15)7(3)12-4/h6-8,12H,5H2,1-4H3,(H2,11,14)(H,13,15)/t7-,8-/m0/s1. The summed E-state index contributed by atoms with van der Waals surface area (Å²) in [6.45, 7) is 5.68. The monoisotopic (exact) mass is 215 g/mol. The molecule has 88 valence electrons. The van der Waals surface area contributed by atoms with E-state index >= 15 is 0 Å². The summed E-state index contributed by atoms with van der Waals surface area (Å²) in [7, 11) is 1.69. The van der Waals surface area contributed by atoms with Gasteiger partial charge in [-0.05, 0) is 26.3 Å². The summed E-state index contributed by atoms with van der Waals surface area (Å²) in [6, 6.07) is -0.896. The van der Waals surface area contributed by atoms with Gasteiger partial charge in [0.15, 0.2) is 0 Å². The molecular weight excluding hydrogens is 194 g/mol. The lowest BCUT2D eigenvalue weighted by Gasteiger charge is -2.19. The highest BCUT2D eigenvalue weighted by atomic mass is 16.2. The van der Waals surface area contributed by atoms with Crippen LogP contribution in [0.15, 0.2) is 0 Å². The Morgan fingerprint density at radius 2 is 1.80 bits per heavy atom. The Morgan fingerprint density at radius 1 is 1.27 bits per heavy atom. The fourth-order valence-electron chi connectivity index (χ4n) is 1.15. The van der Waals surface area contributed by atoms with Crippen molar-refractivity contribution in [3.8, 4) is 0 Å². The minimum atomic E-state index is -0.576. The molecule has 0 unspecified atom stereocenters. The van der Waals surface area contributed by atoms with Gasteiger partial charge in [-0.3, -0.25) is 9.59 Å². The maximum Gasteiger partial charge on any atom is 0.240 e. The molecule has 0 saturated carbocycles. The van der Waals surface area contributed by atoms with Crippen molar-refractivity contribution >= 4 is 11.8 Å². The van der Waals surface area contributed by atoms with E-state index in [1.165, 1.54) is 0 Å². The van der Waals surface area contributed by atoms with Gasteiger partial charge in [-0.2, -0.15) is 0 Å².